The zero-order valence-corrected chi connectivity index (χ0v) is 18.3. The molecule has 1 aromatic heterocycles. The maximum atomic E-state index is 5.89. The van der Waals surface area contributed by atoms with Gasteiger partial charge in [0, 0.05) is 26.6 Å². The van der Waals surface area contributed by atoms with E-state index in [2.05, 4.69) is 58.7 Å². The van der Waals surface area contributed by atoms with Crippen LogP contribution in [-0.4, -0.2) is 47.5 Å². The van der Waals surface area contributed by atoms with Gasteiger partial charge in [-0.15, -0.1) is 34.2 Å². The maximum Gasteiger partial charge on any atom is 0.191 e. The molecule has 2 rings (SSSR count). The van der Waals surface area contributed by atoms with Crippen LogP contribution in [0, 0.1) is 13.8 Å². The van der Waals surface area contributed by atoms with E-state index >= 15 is 0 Å². The van der Waals surface area contributed by atoms with Gasteiger partial charge in [-0.1, -0.05) is 25.1 Å². The molecule has 0 aliphatic carbocycles. The van der Waals surface area contributed by atoms with Gasteiger partial charge in [-0.3, -0.25) is 4.99 Å². The number of aliphatic imine (C=N–C) groups is 1. The lowest BCUT2D eigenvalue weighted by Crippen LogP contribution is -2.40. The minimum atomic E-state index is 0. The molecule has 144 valence electrons. The number of aromatic nitrogens is 3. The van der Waals surface area contributed by atoms with E-state index in [0.717, 1.165) is 48.2 Å². The van der Waals surface area contributed by atoms with Gasteiger partial charge in [0.15, 0.2) is 5.96 Å². The monoisotopic (exact) mass is 472 g/mol. The Hall–Kier alpha value is -1.84. The number of para-hydroxylation sites is 1. The molecule has 1 aromatic carbocycles. The van der Waals surface area contributed by atoms with Gasteiger partial charge in [0.25, 0.3) is 0 Å². The zero-order valence-electron chi connectivity index (χ0n) is 16.0. The van der Waals surface area contributed by atoms with Gasteiger partial charge in [-0.25, -0.2) is 0 Å². The lowest BCUT2D eigenvalue weighted by molar-refractivity contribution is 0.317. The van der Waals surface area contributed by atoms with Crippen molar-refractivity contribution >= 4 is 29.9 Å². The maximum absolute atomic E-state index is 5.89. The van der Waals surface area contributed by atoms with Crippen molar-refractivity contribution in [2.24, 2.45) is 4.99 Å². The summed E-state index contributed by atoms with van der Waals surface area (Å²) in [7, 11) is 1.76. The van der Waals surface area contributed by atoms with Gasteiger partial charge < -0.3 is 19.9 Å². The number of rotatable bonds is 8. The third kappa shape index (κ3) is 6.47. The molecule has 0 unspecified atom stereocenters. The summed E-state index contributed by atoms with van der Waals surface area (Å²) in [6.07, 6.45) is 2.64. The molecule has 1 heterocycles. The second kappa shape index (κ2) is 11.7. The first-order valence-electron chi connectivity index (χ1n) is 8.66. The molecule has 0 radical (unpaired) electrons. The van der Waals surface area contributed by atoms with Crippen molar-refractivity contribution in [2.45, 2.75) is 33.7 Å². The Labute approximate surface area is 172 Å². The van der Waals surface area contributed by atoms with Crippen LogP contribution in [0.3, 0.4) is 0 Å². The highest BCUT2D eigenvalue weighted by Gasteiger charge is 2.04. The molecule has 0 bridgehead atoms. The third-order valence-corrected chi connectivity index (χ3v) is 3.93. The number of ether oxygens (including phenoxy) is 1. The molecule has 0 fully saturated rings. The molecule has 0 atom stereocenters. The van der Waals surface area contributed by atoms with E-state index < -0.39 is 0 Å². The minimum absolute atomic E-state index is 0. The number of halogens is 1. The van der Waals surface area contributed by atoms with Crippen molar-refractivity contribution in [1.29, 1.82) is 0 Å². The number of nitrogens with zero attached hydrogens (tertiary/aromatic N) is 4. The Balaban J connectivity index is 0.00000338. The van der Waals surface area contributed by atoms with Crippen molar-refractivity contribution in [3.63, 3.8) is 0 Å². The molecule has 0 spiro atoms. The quantitative estimate of drug-likeness (QED) is 0.267. The van der Waals surface area contributed by atoms with Crippen molar-refractivity contribution in [3.8, 4) is 5.75 Å². The summed E-state index contributed by atoms with van der Waals surface area (Å²) in [5, 5.41) is 14.6. The number of aryl methyl sites for hydroxylation is 3. The van der Waals surface area contributed by atoms with Crippen molar-refractivity contribution in [3.05, 3.63) is 41.5 Å². The molecule has 8 heteroatoms. The van der Waals surface area contributed by atoms with Crippen LogP contribution in [0.2, 0.25) is 0 Å². The van der Waals surface area contributed by atoms with E-state index in [0.29, 0.717) is 13.2 Å². The molecule has 0 aliphatic rings. The fourth-order valence-electron chi connectivity index (χ4n) is 2.60. The molecule has 0 saturated carbocycles. The van der Waals surface area contributed by atoms with E-state index in [1.807, 2.05) is 10.6 Å². The summed E-state index contributed by atoms with van der Waals surface area (Å²) in [6, 6.07) is 6.17. The van der Waals surface area contributed by atoms with Gasteiger partial charge in [0.2, 0.25) is 0 Å². The Kier molecular flexibility index (Phi) is 10.0. The van der Waals surface area contributed by atoms with Crippen LogP contribution in [0.25, 0.3) is 0 Å². The summed E-state index contributed by atoms with van der Waals surface area (Å²) in [4.78, 5) is 4.23. The van der Waals surface area contributed by atoms with E-state index in [1.165, 1.54) is 0 Å². The molecule has 26 heavy (non-hydrogen) atoms. The fraction of sp³-hybridized carbons (Fsp3) is 0.500. The summed E-state index contributed by atoms with van der Waals surface area (Å²) < 4.78 is 7.94. The van der Waals surface area contributed by atoms with E-state index in [9.17, 15) is 0 Å². The van der Waals surface area contributed by atoms with Crippen LogP contribution in [0.15, 0.2) is 29.5 Å². The van der Waals surface area contributed by atoms with Gasteiger partial charge in [0.05, 0.1) is 6.54 Å². The van der Waals surface area contributed by atoms with Crippen LogP contribution in [0.1, 0.15) is 23.9 Å². The summed E-state index contributed by atoms with van der Waals surface area (Å²) in [5.74, 6) is 2.72. The Morgan fingerprint density at radius 2 is 1.88 bits per heavy atom. The second-order valence-corrected chi connectivity index (χ2v) is 5.79. The Bertz CT molecular complexity index is 680. The van der Waals surface area contributed by atoms with Crippen molar-refractivity contribution in [2.75, 3.05) is 26.7 Å². The van der Waals surface area contributed by atoms with Gasteiger partial charge in [0.1, 0.15) is 24.5 Å². The van der Waals surface area contributed by atoms with Crippen molar-refractivity contribution < 1.29 is 4.74 Å². The fourth-order valence-corrected chi connectivity index (χ4v) is 2.60. The summed E-state index contributed by atoms with van der Waals surface area (Å²) >= 11 is 0. The number of guanidine groups is 1. The first-order valence-corrected chi connectivity index (χ1v) is 8.66. The zero-order chi connectivity index (χ0) is 18.1. The van der Waals surface area contributed by atoms with Crippen molar-refractivity contribution in [1.82, 2.24) is 25.4 Å². The van der Waals surface area contributed by atoms with Crippen LogP contribution < -0.4 is 15.4 Å². The van der Waals surface area contributed by atoms with E-state index in [1.54, 1.807) is 13.4 Å². The lowest BCUT2D eigenvalue weighted by Gasteiger charge is -2.15. The van der Waals surface area contributed by atoms with Gasteiger partial charge >= 0.3 is 0 Å². The highest BCUT2D eigenvalue weighted by atomic mass is 127. The topological polar surface area (TPSA) is 76.4 Å². The molecule has 0 aliphatic heterocycles. The van der Waals surface area contributed by atoms with Gasteiger partial charge in [-0.2, -0.15) is 0 Å². The highest BCUT2D eigenvalue weighted by molar-refractivity contribution is 14.0. The summed E-state index contributed by atoms with van der Waals surface area (Å²) in [5.41, 5.74) is 2.31. The molecular formula is C18H29IN6O. The standard InChI is InChI=1S/C18H28N6O.HI/c1-5-16-23-22-13-24(16)11-9-20-18(19-4)21-10-12-25-17-14(2)7-6-8-15(17)3;/h6-8,13H,5,9-12H2,1-4H3,(H2,19,20,21);1H. The Morgan fingerprint density at radius 3 is 2.54 bits per heavy atom. The predicted molar refractivity (Wildman–Crippen MR) is 116 cm³/mol. The number of benzene rings is 1. The minimum Gasteiger partial charge on any atom is -0.491 e. The molecule has 0 amide bonds. The average Bonchev–Trinajstić information content (AvgIpc) is 3.06. The normalized spacial score (nSPS) is 11.0. The van der Waals surface area contributed by atoms with Crippen LogP contribution in [0.5, 0.6) is 5.75 Å². The molecule has 7 nitrogen and oxygen atoms in total. The first-order chi connectivity index (χ1) is 12.2. The second-order valence-electron chi connectivity index (χ2n) is 5.79. The smallest absolute Gasteiger partial charge is 0.191 e. The van der Waals surface area contributed by atoms with Crippen LogP contribution >= 0.6 is 24.0 Å². The largest absolute Gasteiger partial charge is 0.491 e. The van der Waals surface area contributed by atoms with Gasteiger partial charge in [-0.05, 0) is 25.0 Å². The molecule has 0 saturated heterocycles. The molecule has 2 aromatic rings. The third-order valence-electron chi connectivity index (χ3n) is 3.93. The number of hydrogen-bond acceptors (Lipinski definition) is 4. The number of hydrogen-bond donors (Lipinski definition) is 2. The average molecular weight is 472 g/mol. The lowest BCUT2D eigenvalue weighted by atomic mass is 10.1. The molecular weight excluding hydrogens is 443 g/mol. The van der Waals surface area contributed by atoms with E-state index in [-0.39, 0.29) is 24.0 Å². The van der Waals surface area contributed by atoms with E-state index in [4.69, 9.17) is 4.74 Å². The molecule has 2 N–H and O–H groups in total. The summed E-state index contributed by atoms with van der Waals surface area (Å²) in [6.45, 7) is 9.01. The number of nitrogens with one attached hydrogen (secondary N) is 2. The first kappa shape index (κ1) is 22.2. The Morgan fingerprint density at radius 1 is 1.19 bits per heavy atom. The SMILES string of the molecule is CCc1nncn1CCNC(=NC)NCCOc1c(C)cccc1C.I. The highest BCUT2D eigenvalue weighted by Crippen LogP contribution is 2.21. The predicted octanol–water partition coefficient (Wildman–Crippen LogP) is 2.32. The van der Waals surface area contributed by atoms with Crippen LogP contribution in [-0.2, 0) is 13.0 Å². The van der Waals surface area contributed by atoms with Crippen LogP contribution in [0.4, 0.5) is 0 Å².